The number of nitrogens with zero attached hydrogens (tertiary/aromatic N) is 5. The van der Waals surface area contributed by atoms with Crippen LogP contribution in [0, 0.1) is 6.92 Å². The Morgan fingerprint density at radius 3 is 2.30 bits per heavy atom. The minimum atomic E-state index is -0.361. The van der Waals surface area contributed by atoms with Crippen LogP contribution in [0.15, 0.2) is 47.6 Å². The molecule has 0 bridgehead atoms. The SMILES string of the molecule is C=NN(C)c1cc(-c2ccc(N(CCCCCCC(=O)NO)C(=O)N3CCN(C)CC3)cc2)ccc1C. The first-order valence-electron chi connectivity index (χ1n) is 12.9. The second-order valence-electron chi connectivity index (χ2n) is 9.64. The number of hydrogen-bond acceptors (Lipinski definition) is 6. The summed E-state index contributed by atoms with van der Waals surface area (Å²) in [5.41, 5.74) is 6.81. The Bertz CT molecular complexity index is 1050. The van der Waals surface area contributed by atoms with Gasteiger partial charge in [-0.25, -0.2) is 10.3 Å². The number of likely N-dealkylation sites (N-methyl/N-ethyl adjacent to an activating group) is 1. The van der Waals surface area contributed by atoms with E-state index in [1.165, 1.54) is 0 Å². The number of carbonyl (C=O) groups is 2. The van der Waals surface area contributed by atoms with E-state index in [4.69, 9.17) is 5.21 Å². The number of hydroxylamine groups is 1. The molecule has 0 unspecified atom stereocenters. The van der Waals surface area contributed by atoms with E-state index < -0.39 is 0 Å². The van der Waals surface area contributed by atoms with Crippen molar-refractivity contribution in [1.29, 1.82) is 0 Å². The first-order chi connectivity index (χ1) is 17.8. The highest BCUT2D eigenvalue weighted by Gasteiger charge is 2.25. The van der Waals surface area contributed by atoms with Crippen molar-refractivity contribution in [2.24, 2.45) is 5.10 Å². The number of anilines is 2. The zero-order valence-electron chi connectivity index (χ0n) is 22.3. The summed E-state index contributed by atoms with van der Waals surface area (Å²) in [6.45, 7) is 9.47. The van der Waals surface area contributed by atoms with Gasteiger partial charge in [-0.15, -0.1) is 0 Å². The fraction of sp³-hybridized carbons (Fsp3) is 0.464. The van der Waals surface area contributed by atoms with Gasteiger partial charge in [0, 0.05) is 58.6 Å². The summed E-state index contributed by atoms with van der Waals surface area (Å²) < 4.78 is 0. The first kappa shape index (κ1) is 28.1. The van der Waals surface area contributed by atoms with Gasteiger partial charge >= 0.3 is 6.03 Å². The van der Waals surface area contributed by atoms with Crippen LogP contribution in [0.25, 0.3) is 11.1 Å². The molecule has 0 aromatic heterocycles. The molecule has 1 aliphatic heterocycles. The molecule has 3 rings (SSSR count). The van der Waals surface area contributed by atoms with E-state index in [0.717, 1.165) is 73.5 Å². The van der Waals surface area contributed by atoms with Crippen LogP contribution in [0.3, 0.4) is 0 Å². The smallest absolute Gasteiger partial charge is 0.322 e. The van der Waals surface area contributed by atoms with Crippen LogP contribution in [0.2, 0.25) is 0 Å². The summed E-state index contributed by atoms with van der Waals surface area (Å²) in [6, 6.07) is 14.5. The fourth-order valence-electron chi connectivity index (χ4n) is 4.52. The highest BCUT2D eigenvalue weighted by molar-refractivity contribution is 5.92. The van der Waals surface area contributed by atoms with E-state index in [2.05, 4.69) is 54.1 Å². The fourth-order valence-corrected chi connectivity index (χ4v) is 4.52. The molecule has 2 aromatic carbocycles. The zero-order valence-corrected chi connectivity index (χ0v) is 22.3. The normalized spacial score (nSPS) is 13.8. The molecule has 9 heteroatoms. The van der Waals surface area contributed by atoms with Gasteiger partial charge in [-0.3, -0.25) is 19.9 Å². The molecule has 37 heavy (non-hydrogen) atoms. The quantitative estimate of drug-likeness (QED) is 0.204. The molecule has 1 saturated heterocycles. The number of benzene rings is 2. The molecule has 1 fully saturated rings. The largest absolute Gasteiger partial charge is 0.324 e. The lowest BCUT2D eigenvalue weighted by molar-refractivity contribution is -0.129. The standard InChI is InChI=1S/C28H40N6O3/c1-22-10-11-24(21-26(22)32(4)29-2)23-12-14-25(15-13-23)34(16-8-6-5-7-9-27(35)30-37)28(36)33-19-17-31(3)18-20-33/h10-15,21,37H,2,5-9,16-20H2,1,3-4H3,(H,30,35). The maximum absolute atomic E-state index is 13.5. The van der Waals surface area contributed by atoms with Crippen molar-refractivity contribution < 1.29 is 14.8 Å². The Morgan fingerprint density at radius 2 is 1.65 bits per heavy atom. The van der Waals surface area contributed by atoms with Crippen molar-refractivity contribution in [1.82, 2.24) is 15.3 Å². The number of piperazine rings is 1. The van der Waals surface area contributed by atoms with Crippen LogP contribution in [0.5, 0.6) is 0 Å². The predicted molar refractivity (Wildman–Crippen MR) is 149 cm³/mol. The van der Waals surface area contributed by atoms with Crippen molar-refractivity contribution in [2.75, 3.05) is 56.7 Å². The number of unbranched alkanes of at least 4 members (excludes halogenated alkanes) is 3. The average molecular weight is 509 g/mol. The lowest BCUT2D eigenvalue weighted by Gasteiger charge is -2.36. The number of carbonyl (C=O) groups excluding carboxylic acids is 2. The van der Waals surface area contributed by atoms with Crippen molar-refractivity contribution in [2.45, 2.75) is 39.0 Å². The van der Waals surface area contributed by atoms with Gasteiger partial charge in [-0.05, 0) is 61.7 Å². The van der Waals surface area contributed by atoms with Crippen molar-refractivity contribution >= 4 is 30.0 Å². The molecule has 0 atom stereocenters. The molecule has 3 amide bonds. The summed E-state index contributed by atoms with van der Waals surface area (Å²) in [5.74, 6) is -0.361. The van der Waals surface area contributed by atoms with Gasteiger partial charge in [0.1, 0.15) is 0 Å². The topological polar surface area (TPSA) is 91.7 Å². The molecule has 2 N–H and O–H groups in total. The third-order valence-electron chi connectivity index (χ3n) is 6.95. The van der Waals surface area contributed by atoms with E-state index >= 15 is 0 Å². The molecule has 0 saturated carbocycles. The number of rotatable bonds is 11. The van der Waals surface area contributed by atoms with Gasteiger partial charge in [0.05, 0.1) is 5.69 Å². The van der Waals surface area contributed by atoms with Crippen LogP contribution >= 0.6 is 0 Å². The predicted octanol–water partition coefficient (Wildman–Crippen LogP) is 4.34. The monoisotopic (exact) mass is 508 g/mol. The Balaban J connectivity index is 1.73. The summed E-state index contributed by atoms with van der Waals surface area (Å²) >= 11 is 0. The number of urea groups is 1. The molecular formula is C28H40N6O3. The maximum atomic E-state index is 13.5. The number of nitrogens with one attached hydrogen (secondary N) is 1. The second kappa shape index (κ2) is 13.8. The second-order valence-corrected chi connectivity index (χ2v) is 9.64. The van der Waals surface area contributed by atoms with Crippen molar-refractivity contribution in [3.8, 4) is 11.1 Å². The van der Waals surface area contributed by atoms with Crippen LogP contribution in [-0.2, 0) is 4.79 Å². The number of hydrazone groups is 1. The first-order valence-corrected chi connectivity index (χ1v) is 12.9. The van der Waals surface area contributed by atoms with Gasteiger partial charge in [0.2, 0.25) is 5.91 Å². The minimum absolute atomic E-state index is 0.0387. The Labute approximate surface area is 220 Å². The van der Waals surface area contributed by atoms with Gasteiger partial charge in [-0.2, -0.15) is 5.10 Å². The highest BCUT2D eigenvalue weighted by Crippen LogP contribution is 2.29. The van der Waals surface area contributed by atoms with E-state index in [1.807, 2.05) is 35.9 Å². The van der Waals surface area contributed by atoms with Crippen molar-refractivity contribution in [3.05, 3.63) is 48.0 Å². The van der Waals surface area contributed by atoms with Gasteiger partial charge in [-0.1, -0.05) is 37.1 Å². The third kappa shape index (κ3) is 7.77. The number of aryl methyl sites for hydroxylation is 1. The van der Waals surface area contributed by atoms with Crippen LogP contribution < -0.4 is 15.4 Å². The number of amides is 3. The molecule has 1 heterocycles. The van der Waals surface area contributed by atoms with Gasteiger partial charge in [0.25, 0.3) is 0 Å². The highest BCUT2D eigenvalue weighted by atomic mass is 16.5. The van der Waals surface area contributed by atoms with E-state index in [-0.39, 0.29) is 11.9 Å². The minimum Gasteiger partial charge on any atom is -0.322 e. The molecule has 0 spiro atoms. The lowest BCUT2D eigenvalue weighted by atomic mass is 10.0. The summed E-state index contributed by atoms with van der Waals surface area (Å²) in [5, 5.41) is 14.4. The van der Waals surface area contributed by atoms with E-state index in [9.17, 15) is 9.59 Å². The van der Waals surface area contributed by atoms with E-state index in [0.29, 0.717) is 19.4 Å². The van der Waals surface area contributed by atoms with Crippen LogP contribution in [0.1, 0.15) is 37.7 Å². The van der Waals surface area contributed by atoms with E-state index in [1.54, 1.807) is 10.5 Å². The molecule has 0 radical (unpaired) electrons. The van der Waals surface area contributed by atoms with Gasteiger partial charge < -0.3 is 9.80 Å². The van der Waals surface area contributed by atoms with Crippen LogP contribution in [0.4, 0.5) is 16.2 Å². The molecule has 1 aliphatic rings. The van der Waals surface area contributed by atoms with Crippen LogP contribution in [-0.4, -0.2) is 80.5 Å². The molecule has 2 aromatic rings. The Hall–Kier alpha value is -3.43. The molecule has 0 aliphatic carbocycles. The summed E-state index contributed by atoms with van der Waals surface area (Å²) in [4.78, 5) is 30.8. The lowest BCUT2D eigenvalue weighted by Crippen LogP contribution is -2.52. The Kier molecular flexibility index (Phi) is 10.5. The third-order valence-corrected chi connectivity index (χ3v) is 6.95. The molecule has 9 nitrogen and oxygen atoms in total. The zero-order chi connectivity index (χ0) is 26.8. The summed E-state index contributed by atoms with van der Waals surface area (Å²) in [6.07, 6.45) is 3.63. The summed E-state index contributed by atoms with van der Waals surface area (Å²) in [7, 11) is 3.96. The Morgan fingerprint density at radius 1 is 1.00 bits per heavy atom. The van der Waals surface area contributed by atoms with Gasteiger partial charge in [0.15, 0.2) is 0 Å². The number of hydrogen-bond donors (Lipinski definition) is 2. The van der Waals surface area contributed by atoms with Crippen molar-refractivity contribution in [3.63, 3.8) is 0 Å². The molecule has 200 valence electrons. The maximum Gasteiger partial charge on any atom is 0.324 e. The average Bonchev–Trinajstić information content (AvgIpc) is 2.92. The molecular weight excluding hydrogens is 468 g/mol.